The highest BCUT2D eigenvalue weighted by atomic mass is 16.6. The zero-order chi connectivity index (χ0) is 42.9. The van der Waals surface area contributed by atoms with Gasteiger partial charge in [-0.2, -0.15) is 0 Å². The van der Waals surface area contributed by atoms with Gasteiger partial charge < -0.3 is 37.4 Å². The summed E-state index contributed by atoms with van der Waals surface area (Å²) in [6.45, 7) is 6.62. The third-order valence-electron chi connectivity index (χ3n) is 14.1. The van der Waals surface area contributed by atoms with Crippen LogP contribution in [0.1, 0.15) is 116 Å². The number of ether oxygens (including phenoxy) is 6. The highest BCUT2D eigenvalue weighted by Gasteiger charge is 2.54. The minimum absolute atomic E-state index is 0.179. The molecule has 14 heteroatoms. The van der Waals surface area contributed by atoms with Crippen LogP contribution in [0.5, 0.6) is 23.0 Å². The van der Waals surface area contributed by atoms with Crippen LogP contribution < -0.4 is 18.9 Å². The zero-order valence-electron chi connectivity index (χ0n) is 35.8. The summed E-state index contributed by atoms with van der Waals surface area (Å²) < 4.78 is 35.4. The molecule has 7 rings (SSSR count). The Kier molecular flexibility index (Phi) is 12.7. The number of esters is 6. The Bertz CT molecular complexity index is 1850. The molecule has 1 saturated carbocycles. The summed E-state index contributed by atoms with van der Waals surface area (Å²) in [5.74, 6) is -2.22. The quantitative estimate of drug-likeness (QED) is 0.135. The first-order chi connectivity index (χ1) is 28.5. The Morgan fingerprint density at radius 1 is 0.483 bits per heavy atom. The van der Waals surface area contributed by atoms with Crippen molar-refractivity contribution >= 4 is 35.8 Å². The molecule has 4 aliphatic heterocycles. The number of quaternary nitrogens is 2. The lowest BCUT2D eigenvalue weighted by Crippen LogP contribution is -2.58. The van der Waals surface area contributed by atoms with Crippen molar-refractivity contribution in [1.29, 1.82) is 0 Å². The lowest BCUT2D eigenvalue weighted by Gasteiger charge is -2.47. The molecule has 4 bridgehead atoms. The van der Waals surface area contributed by atoms with Gasteiger partial charge in [0.25, 0.3) is 0 Å². The van der Waals surface area contributed by atoms with E-state index in [2.05, 4.69) is 14.1 Å². The molecule has 2 aromatic carbocycles. The van der Waals surface area contributed by atoms with Gasteiger partial charge in [0.2, 0.25) is 0 Å². The number of benzene rings is 2. The van der Waals surface area contributed by atoms with Crippen molar-refractivity contribution < 1.29 is 66.2 Å². The Balaban J connectivity index is 0.910. The fraction of sp³-hybridized carbons (Fsp3) is 0.609. The fourth-order valence-electron chi connectivity index (χ4n) is 11.3. The summed E-state index contributed by atoms with van der Waals surface area (Å²) in [4.78, 5) is 74.2. The molecule has 2 aromatic rings. The number of rotatable bonds is 12. The second kappa shape index (κ2) is 17.6. The van der Waals surface area contributed by atoms with Gasteiger partial charge in [0, 0.05) is 90.2 Å². The second-order valence-electron chi connectivity index (χ2n) is 18.3. The average molecular weight is 833 g/mol. The fourth-order valence-corrected chi connectivity index (χ4v) is 11.3. The molecule has 4 heterocycles. The summed E-state index contributed by atoms with van der Waals surface area (Å²) in [5, 5.41) is 0. The lowest BCUT2D eigenvalue weighted by molar-refractivity contribution is -0.961. The molecule has 6 atom stereocenters. The van der Waals surface area contributed by atoms with Crippen molar-refractivity contribution in [2.24, 2.45) is 11.8 Å². The first-order valence-corrected chi connectivity index (χ1v) is 21.6. The van der Waals surface area contributed by atoms with Crippen molar-refractivity contribution in [3.63, 3.8) is 0 Å². The van der Waals surface area contributed by atoms with Gasteiger partial charge in [-0.1, -0.05) is 6.42 Å². The number of fused-ring (bicyclic) bond motifs is 4. The van der Waals surface area contributed by atoms with E-state index in [-0.39, 0.29) is 59.0 Å². The third-order valence-corrected chi connectivity index (χ3v) is 14.1. The molecule has 1 aliphatic carbocycles. The molecule has 5 fully saturated rings. The van der Waals surface area contributed by atoms with Crippen LogP contribution in [0.4, 0.5) is 0 Å². The molecule has 0 N–H and O–H groups in total. The predicted octanol–water partition coefficient (Wildman–Crippen LogP) is 6.26. The predicted molar refractivity (Wildman–Crippen MR) is 215 cm³/mol. The normalized spacial score (nSPS) is 31.7. The average Bonchev–Trinajstić information content (AvgIpc) is 3.40. The maximum Gasteiger partial charge on any atom is 0.309 e. The monoisotopic (exact) mass is 832 g/mol. The molecule has 60 heavy (non-hydrogen) atoms. The molecule has 5 aliphatic rings. The first-order valence-electron chi connectivity index (χ1n) is 21.6. The van der Waals surface area contributed by atoms with Crippen LogP contribution in [0.25, 0.3) is 0 Å². The van der Waals surface area contributed by atoms with E-state index in [1.807, 2.05) is 12.1 Å². The van der Waals surface area contributed by atoms with E-state index < -0.39 is 23.9 Å². The molecule has 0 spiro atoms. The number of carbonyl (C=O) groups excluding carboxylic acids is 6. The molecule has 0 aromatic heterocycles. The van der Waals surface area contributed by atoms with Crippen LogP contribution in [0.3, 0.4) is 0 Å². The highest BCUT2D eigenvalue weighted by molar-refractivity contribution is 5.77. The minimum Gasteiger partial charge on any atom is -0.462 e. The van der Waals surface area contributed by atoms with Crippen LogP contribution >= 0.6 is 0 Å². The second-order valence-corrected chi connectivity index (χ2v) is 18.3. The van der Waals surface area contributed by atoms with Crippen molar-refractivity contribution in [2.45, 2.75) is 154 Å². The third kappa shape index (κ3) is 9.54. The number of nitrogens with zero attached hydrogens (tertiary/aromatic N) is 2. The largest absolute Gasteiger partial charge is 0.462 e. The smallest absolute Gasteiger partial charge is 0.309 e. The summed E-state index contributed by atoms with van der Waals surface area (Å²) in [6, 6.07) is 11.9. The van der Waals surface area contributed by atoms with Gasteiger partial charge in [-0.25, -0.2) is 0 Å². The van der Waals surface area contributed by atoms with E-state index in [1.54, 1.807) is 24.3 Å². The van der Waals surface area contributed by atoms with E-state index in [9.17, 15) is 28.8 Å². The standard InChI is InChI=1S/C46H60N2O12/c1-27(49)55-41-16-10-31(18-43(41)57-29(3)51)25-47(5)35-12-13-36(47)22-39(21-35)59-45(53)33-8-7-9-34(20-33)46(54)60-40-23-37-14-15-38(24-40)48(37,6)26-32-11-17-42(56-28(2)50)44(19-32)58-30(4)52/h10-11,16-19,33-40H,7-9,12-15,20-26H2,1-6H3/q+2. The van der Waals surface area contributed by atoms with Gasteiger partial charge in [0.05, 0.1) is 50.1 Å². The van der Waals surface area contributed by atoms with Crippen molar-refractivity contribution in [2.75, 3.05) is 14.1 Å². The van der Waals surface area contributed by atoms with E-state index in [0.717, 1.165) is 77.9 Å². The lowest BCUT2D eigenvalue weighted by atomic mass is 9.81. The summed E-state index contributed by atoms with van der Waals surface area (Å²) in [6.07, 6.45) is 9.39. The summed E-state index contributed by atoms with van der Waals surface area (Å²) >= 11 is 0. The maximum absolute atomic E-state index is 13.7. The molecule has 14 nitrogen and oxygen atoms in total. The van der Waals surface area contributed by atoms with Gasteiger partial charge in [0.15, 0.2) is 23.0 Å². The number of hydrogen-bond donors (Lipinski definition) is 0. The Morgan fingerprint density at radius 2 is 0.817 bits per heavy atom. The molecule has 4 saturated heterocycles. The number of hydrogen-bond acceptors (Lipinski definition) is 12. The molecule has 6 unspecified atom stereocenters. The summed E-state index contributed by atoms with van der Waals surface area (Å²) in [7, 11) is 4.49. The maximum atomic E-state index is 13.7. The SMILES string of the molecule is CC(=O)Oc1ccc(C[N+]2(C)C3CCC2CC(OC(=O)C2CCCC(C(=O)OC4CC5CCC(C4)[N+]5(C)Cc4ccc(OC(C)=O)c(OC(C)=O)c4)C2)C3)cc1OC(C)=O. The van der Waals surface area contributed by atoms with Crippen LogP contribution in [-0.4, -0.2) is 95.3 Å². The van der Waals surface area contributed by atoms with Gasteiger partial charge in [-0.05, 0) is 55.7 Å². The van der Waals surface area contributed by atoms with Gasteiger partial charge in [-0.3, -0.25) is 28.8 Å². The Hall–Kier alpha value is -4.82. The van der Waals surface area contributed by atoms with Gasteiger partial charge in [0.1, 0.15) is 25.3 Å². The molecule has 0 radical (unpaired) electrons. The topological polar surface area (TPSA) is 158 Å². The van der Waals surface area contributed by atoms with E-state index in [4.69, 9.17) is 28.4 Å². The van der Waals surface area contributed by atoms with Crippen LogP contribution in [-0.2, 0) is 51.3 Å². The molecular weight excluding hydrogens is 773 g/mol. The minimum atomic E-state index is -0.497. The number of piperidine rings is 2. The Morgan fingerprint density at radius 3 is 1.15 bits per heavy atom. The number of carbonyl (C=O) groups is 6. The molecule has 0 amide bonds. The van der Waals surface area contributed by atoms with Crippen molar-refractivity contribution in [1.82, 2.24) is 0 Å². The zero-order valence-corrected chi connectivity index (χ0v) is 35.8. The van der Waals surface area contributed by atoms with E-state index in [1.165, 1.54) is 27.7 Å². The van der Waals surface area contributed by atoms with Gasteiger partial charge in [-0.15, -0.1) is 0 Å². The highest BCUT2D eigenvalue weighted by Crippen LogP contribution is 2.46. The molecule has 324 valence electrons. The van der Waals surface area contributed by atoms with Crippen LogP contribution in [0.15, 0.2) is 36.4 Å². The molecular formula is C46H60N2O12+2. The van der Waals surface area contributed by atoms with E-state index >= 15 is 0 Å². The first kappa shape index (κ1) is 43.3. The van der Waals surface area contributed by atoms with E-state index in [0.29, 0.717) is 56.5 Å². The van der Waals surface area contributed by atoms with Crippen LogP contribution in [0.2, 0.25) is 0 Å². The van der Waals surface area contributed by atoms with Crippen molar-refractivity contribution in [3.05, 3.63) is 47.5 Å². The Labute approximate surface area is 351 Å². The summed E-state index contributed by atoms with van der Waals surface area (Å²) in [5.41, 5.74) is 1.93. The van der Waals surface area contributed by atoms with Gasteiger partial charge >= 0.3 is 35.8 Å². The van der Waals surface area contributed by atoms with Crippen LogP contribution in [0, 0.1) is 11.8 Å². The van der Waals surface area contributed by atoms with Crippen molar-refractivity contribution in [3.8, 4) is 23.0 Å².